The summed E-state index contributed by atoms with van der Waals surface area (Å²) >= 11 is 0. The molecular weight excluding hydrogens is 272 g/mol. The van der Waals surface area contributed by atoms with E-state index >= 15 is 0 Å². The summed E-state index contributed by atoms with van der Waals surface area (Å²) in [4.78, 5) is 26.6. The Bertz CT molecular complexity index is 895. The summed E-state index contributed by atoms with van der Waals surface area (Å²) in [5.41, 5.74) is 1.87. The summed E-state index contributed by atoms with van der Waals surface area (Å²) in [5, 5.41) is 8.02. The number of ether oxygens (including phenoxy) is 1. The lowest BCUT2D eigenvalue weighted by Gasteiger charge is -2.03. The van der Waals surface area contributed by atoms with Gasteiger partial charge in [0.25, 0.3) is 0 Å². The molecule has 0 fully saturated rings. The number of esters is 1. The van der Waals surface area contributed by atoms with E-state index in [0.29, 0.717) is 22.6 Å². The van der Waals surface area contributed by atoms with Crippen molar-refractivity contribution in [2.24, 2.45) is 0 Å². The van der Waals surface area contributed by atoms with Crippen molar-refractivity contribution in [2.75, 3.05) is 7.11 Å². The Labute approximate surface area is 119 Å². The van der Waals surface area contributed by atoms with E-state index < -0.39 is 5.97 Å². The highest BCUT2D eigenvalue weighted by molar-refractivity contribution is 5.89. The third-order valence-corrected chi connectivity index (χ3v) is 3.12. The average Bonchev–Trinajstić information content (AvgIpc) is 2.89. The van der Waals surface area contributed by atoms with E-state index in [9.17, 15) is 9.59 Å². The van der Waals surface area contributed by atoms with Gasteiger partial charge in [-0.05, 0) is 19.1 Å². The van der Waals surface area contributed by atoms with Gasteiger partial charge in [-0.15, -0.1) is 10.2 Å². The van der Waals surface area contributed by atoms with Gasteiger partial charge >= 0.3 is 5.97 Å². The summed E-state index contributed by atoms with van der Waals surface area (Å²) in [6.45, 7) is 1.79. The summed E-state index contributed by atoms with van der Waals surface area (Å²) in [6, 6.07) is 4.73. The SMILES string of the molecule is COC(=O)c1ccc2nnc(-c3c[nH]c(C)cc3=O)n2c1. The Balaban J connectivity index is 2.23. The minimum atomic E-state index is -0.464. The maximum atomic E-state index is 12.1. The van der Waals surface area contributed by atoms with Crippen molar-refractivity contribution in [3.63, 3.8) is 0 Å². The first-order valence-corrected chi connectivity index (χ1v) is 6.23. The zero-order valence-electron chi connectivity index (χ0n) is 11.5. The number of aromatic nitrogens is 4. The zero-order chi connectivity index (χ0) is 15.0. The Morgan fingerprint density at radius 2 is 2.14 bits per heavy atom. The first-order chi connectivity index (χ1) is 10.1. The molecule has 0 amide bonds. The van der Waals surface area contributed by atoms with Crippen molar-refractivity contribution >= 4 is 11.6 Å². The number of rotatable bonds is 2. The molecule has 0 radical (unpaired) electrons. The van der Waals surface area contributed by atoms with Gasteiger partial charge in [-0.3, -0.25) is 9.20 Å². The van der Waals surface area contributed by atoms with Crippen molar-refractivity contribution < 1.29 is 9.53 Å². The molecule has 106 valence electrons. The molecule has 0 saturated heterocycles. The number of H-pyrrole nitrogens is 1. The Kier molecular flexibility index (Phi) is 3.02. The molecule has 0 saturated carbocycles. The molecule has 7 nitrogen and oxygen atoms in total. The molecule has 0 aliphatic heterocycles. The molecule has 0 spiro atoms. The fourth-order valence-electron chi connectivity index (χ4n) is 2.06. The van der Waals surface area contributed by atoms with Crippen molar-refractivity contribution in [1.82, 2.24) is 19.6 Å². The van der Waals surface area contributed by atoms with Crippen LogP contribution in [0, 0.1) is 6.92 Å². The summed E-state index contributed by atoms with van der Waals surface area (Å²) < 4.78 is 6.28. The van der Waals surface area contributed by atoms with Crippen LogP contribution in [0.1, 0.15) is 16.1 Å². The van der Waals surface area contributed by atoms with Crippen LogP contribution in [0.25, 0.3) is 17.0 Å². The Hall–Kier alpha value is -2.96. The van der Waals surface area contributed by atoms with E-state index in [4.69, 9.17) is 0 Å². The van der Waals surface area contributed by atoms with Gasteiger partial charge in [0.15, 0.2) is 16.9 Å². The lowest BCUT2D eigenvalue weighted by atomic mass is 10.2. The van der Waals surface area contributed by atoms with Gasteiger partial charge in [-0.2, -0.15) is 0 Å². The average molecular weight is 284 g/mol. The van der Waals surface area contributed by atoms with E-state index in [1.165, 1.54) is 13.2 Å². The molecule has 0 atom stereocenters. The number of methoxy groups -OCH3 is 1. The van der Waals surface area contributed by atoms with Crippen LogP contribution < -0.4 is 5.43 Å². The fourth-order valence-corrected chi connectivity index (χ4v) is 2.06. The number of carbonyl (C=O) groups excluding carboxylic acids is 1. The normalized spacial score (nSPS) is 10.8. The Morgan fingerprint density at radius 1 is 1.33 bits per heavy atom. The second-order valence-corrected chi connectivity index (χ2v) is 4.56. The molecule has 3 aromatic heterocycles. The van der Waals surface area contributed by atoms with Crippen molar-refractivity contribution in [3.8, 4) is 11.4 Å². The summed E-state index contributed by atoms with van der Waals surface area (Å²) in [5.74, 6) is -0.0913. The number of hydrogen-bond donors (Lipinski definition) is 1. The molecule has 0 aliphatic rings. The first-order valence-electron chi connectivity index (χ1n) is 6.23. The highest BCUT2D eigenvalue weighted by Gasteiger charge is 2.14. The van der Waals surface area contributed by atoms with Crippen molar-refractivity contribution in [3.05, 3.63) is 52.1 Å². The molecule has 3 rings (SSSR count). The van der Waals surface area contributed by atoms with Crippen LogP contribution in [0.2, 0.25) is 0 Å². The zero-order valence-corrected chi connectivity index (χ0v) is 11.5. The van der Waals surface area contributed by atoms with Gasteiger partial charge in [0.2, 0.25) is 0 Å². The quantitative estimate of drug-likeness (QED) is 0.714. The molecule has 0 aromatic carbocycles. The van der Waals surface area contributed by atoms with Gasteiger partial charge in [0, 0.05) is 24.2 Å². The number of aromatic amines is 1. The highest BCUT2D eigenvalue weighted by atomic mass is 16.5. The van der Waals surface area contributed by atoms with Crippen molar-refractivity contribution in [1.29, 1.82) is 0 Å². The number of nitrogens with one attached hydrogen (secondary N) is 1. The van der Waals surface area contributed by atoms with Crippen LogP contribution in [0.3, 0.4) is 0 Å². The lowest BCUT2D eigenvalue weighted by molar-refractivity contribution is 0.0600. The number of hydrogen-bond acceptors (Lipinski definition) is 5. The number of fused-ring (bicyclic) bond motifs is 1. The van der Waals surface area contributed by atoms with Crippen LogP contribution in [0.15, 0.2) is 35.4 Å². The minimum Gasteiger partial charge on any atom is -0.465 e. The molecule has 21 heavy (non-hydrogen) atoms. The summed E-state index contributed by atoms with van der Waals surface area (Å²) in [6.07, 6.45) is 3.13. The van der Waals surface area contributed by atoms with E-state index in [0.717, 1.165) is 5.69 Å². The predicted molar refractivity (Wildman–Crippen MR) is 75.1 cm³/mol. The molecule has 0 bridgehead atoms. The molecule has 3 aromatic rings. The van der Waals surface area contributed by atoms with Crippen LogP contribution in [-0.4, -0.2) is 32.7 Å². The highest BCUT2D eigenvalue weighted by Crippen LogP contribution is 2.15. The summed E-state index contributed by atoms with van der Waals surface area (Å²) in [7, 11) is 1.31. The van der Waals surface area contributed by atoms with Crippen LogP contribution >= 0.6 is 0 Å². The molecule has 0 aliphatic carbocycles. The molecule has 1 N–H and O–H groups in total. The number of carbonyl (C=O) groups is 1. The predicted octanol–water partition coefficient (Wildman–Crippen LogP) is 1.18. The Morgan fingerprint density at radius 3 is 2.86 bits per heavy atom. The third-order valence-electron chi connectivity index (χ3n) is 3.12. The molecular formula is C14H12N4O3. The molecule has 0 unspecified atom stereocenters. The number of aryl methyl sites for hydroxylation is 1. The van der Waals surface area contributed by atoms with Gasteiger partial charge in [0.05, 0.1) is 18.2 Å². The van der Waals surface area contributed by atoms with E-state index in [-0.39, 0.29) is 5.43 Å². The molecule has 3 heterocycles. The van der Waals surface area contributed by atoms with Crippen LogP contribution in [0.4, 0.5) is 0 Å². The van der Waals surface area contributed by atoms with Crippen LogP contribution in [0.5, 0.6) is 0 Å². The fraction of sp³-hybridized carbons (Fsp3) is 0.143. The topological polar surface area (TPSA) is 89.3 Å². The lowest BCUT2D eigenvalue weighted by Crippen LogP contribution is -2.08. The van der Waals surface area contributed by atoms with Gasteiger partial charge in [0.1, 0.15) is 0 Å². The van der Waals surface area contributed by atoms with E-state index in [2.05, 4.69) is 19.9 Å². The monoisotopic (exact) mass is 284 g/mol. The first kappa shape index (κ1) is 13.0. The van der Waals surface area contributed by atoms with Gasteiger partial charge in [-0.25, -0.2) is 4.79 Å². The maximum absolute atomic E-state index is 12.1. The number of pyridine rings is 2. The van der Waals surface area contributed by atoms with Crippen molar-refractivity contribution in [2.45, 2.75) is 6.92 Å². The van der Waals surface area contributed by atoms with Crippen LogP contribution in [-0.2, 0) is 4.74 Å². The molecule has 7 heteroatoms. The smallest absolute Gasteiger partial charge is 0.339 e. The van der Waals surface area contributed by atoms with E-state index in [1.54, 1.807) is 35.9 Å². The standard InChI is InChI=1S/C14H12N4O3/c1-8-5-11(19)10(6-15-8)13-17-16-12-4-3-9(7-18(12)13)14(20)21-2/h3-7H,1-2H3,(H,15,19). The second kappa shape index (κ2) is 4.86. The number of nitrogens with zero attached hydrogens (tertiary/aromatic N) is 3. The third kappa shape index (κ3) is 2.18. The maximum Gasteiger partial charge on any atom is 0.339 e. The van der Waals surface area contributed by atoms with E-state index in [1.807, 2.05) is 0 Å². The van der Waals surface area contributed by atoms with Gasteiger partial charge < -0.3 is 9.72 Å². The minimum absolute atomic E-state index is 0.163. The van der Waals surface area contributed by atoms with Gasteiger partial charge in [-0.1, -0.05) is 0 Å². The second-order valence-electron chi connectivity index (χ2n) is 4.56. The largest absolute Gasteiger partial charge is 0.465 e.